The van der Waals surface area contributed by atoms with Gasteiger partial charge in [-0.05, 0) is 151 Å². The van der Waals surface area contributed by atoms with E-state index in [9.17, 15) is 4.79 Å². The normalized spacial score (nSPS) is 13.3. The van der Waals surface area contributed by atoms with Gasteiger partial charge in [-0.3, -0.25) is 4.67 Å². The monoisotopic (exact) mass is 1060 g/mol. The van der Waals surface area contributed by atoms with Gasteiger partial charge in [-0.1, -0.05) is 70.4 Å². The lowest BCUT2D eigenvalue weighted by molar-refractivity contribution is 0.0735. The Labute approximate surface area is 408 Å². The van der Waals surface area contributed by atoms with Crippen molar-refractivity contribution in [2.75, 3.05) is 33.1 Å². The number of hydrogen-bond donors (Lipinski definition) is 0. The van der Waals surface area contributed by atoms with E-state index in [-0.39, 0.29) is 0 Å². The van der Waals surface area contributed by atoms with Gasteiger partial charge in [0, 0.05) is 21.9 Å². The molecule has 14 heteroatoms. The average molecular weight is 1060 g/mol. The Hall–Kier alpha value is -5.55. The highest BCUT2D eigenvalue weighted by atomic mass is 127. The second kappa shape index (κ2) is 22.0. The van der Waals surface area contributed by atoms with Crippen molar-refractivity contribution in [1.82, 2.24) is 0 Å². The highest BCUT2D eigenvalue weighted by Crippen LogP contribution is 2.58. The second-order valence-electron chi connectivity index (χ2n) is 16.2. The molecule has 7 aromatic rings. The molecule has 2 heterocycles. The van der Waals surface area contributed by atoms with E-state index in [0.717, 1.165) is 99.6 Å². The number of carbonyl (C=O) groups is 1. The maximum Gasteiger partial charge on any atom is 0.453 e. The van der Waals surface area contributed by atoms with E-state index in [4.69, 9.17) is 40.9 Å². The molecule has 0 fully saturated rings. The van der Waals surface area contributed by atoms with Gasteiger partial charge in [-0.15, -0.1) is 0 Å². The number of nitrogens with zero attached hydrogens (tertiary/aromatic N) is 1. The molecule has 1 aliphatic heterocycles. The molecule has 0 N–H and O–H groups in total. The van der Waals surface area contributed by atoms with Gasteiger partial charge in [0.2, 0.25) is 0 Å². The highest BCUT2D eigenvalue weighted by Gasteiger charge is 2.39. The first-order valence-electron chi connectivity index (χ1n) is 22.7. The number of hydrogen-bond acceptors (Lipinski definition) is 11. The number of anilines is 2. The van der Waals surface area contributed by atoms with Gasteiger partial charge in [0.05, 0.1) is 48.9 Å². The zero-order chi connectivity index (χ0) is 47.0. The Morgan fingerprint density at radius 1 is 0.552 bits per heavy atom. The van der Waals surface area contributed by atoms with Crippen LogP contribution in [-0.2, 0) is 23.8 Å². The zero-order valence-electron chi connectivity index (χ0n) is 39.0. The zero-order valence-corrected chi connectivity index (χ0v) is 42.9. The van der Waals surface area contributed by atoms with Crippen LogP contribution in [0, 0.1) is 3.57 Å². The first-order chi connectivity index (χ1) is 32.7. The fourth-order valence-electron chi connectivity index (χ4n) is 8.19. The lowest BCUT2D eigenvalue weighted by Gasteiger charge is -2.35. The molecule has 1 atom stereocenters. The first kappa shape index (κ1) is 47.9. The smallest absolute Gasteiger partial charge is 0.453 e. The SMILES string of the molecule is CCCCc1cc(OC)cc(-c2cc(OC)cc(I)c2OP2OC(=O)c3ccccc3N2c2ccccc2)c1Op1oc2c(CCCC)cc(OC)cc2c2cc(OC)cc(CCCC)c2o1. The molecule has 0 saturated carbocycles. The molecule has 1 aromatic heterocycles. The molecule has 350 valence electrons. The van der Waals surface area contributed by atoms with Crippen LogP contribution in [0.5, 0.6) is 34.5 Å². The number of methoxy groups -OCH3 is 4. The van der Waals surface area contributed by atoms with Crippen molar-refractivity contribution in [1.29, 1.82) is 0 Å². The minimum Gasteiger partial charge on any atom is -0.497 e. The van der Waals surface area contributed by atoms with Crippen molar-refractivity contribution in [3.8, 4) is 45.6 Å². The van der Waals surface area contributed by atoms with Crippen LogP contribution >= 0.6 is 39.4 Å². The van der Waals surface area contributed by atoms with Gasteiger partial charge in [0.15, 0.2) is 5.75 Å². The molecule has 0 aliphatic carbocycles. The highest BCUT2D eigenvalue weighted by molar-refractivity contribution is 14.1. The summed E-state index contributed by atoms with van der Waals surface area (Å²) in [5, 5.41) is 1.69. The molecule has 1 aliphatic rings. The Morgan fingerprint density at radius 3 is 1.61 bits per heavy atom. The number of carbonyl (C=O) groups excluding carboxylic acids is 1. The van der Waals surface area contributed by atoms with Crippen molar-refractivity contribution in [3.63, 3.8) is 0 Å². The maximum atomic E-state index is 13.7. The predicted molar refractivity (Wildman–Crippen MR) is 277 cm³/mol. The summed E-state index contributed by atoms with van der Waals surface area (Å²) < 4.78 is 61.3. The molecule has 0 saturated heterocycles. The van der Waals surface area contributed by atoms with Crippen LogP contribution in [0.4, 0.5) is 11.4 Å². The fraction of sp³-hybridized carbons (Fsp3) is 0.302. The number of rotatable bonds is 19. The summed E-state index contributed by atoms with van der Waals surface area (Å²) in [7, 11) is 2.39. The Bertz CT molecular complexity index is 2850. The van der Waals surface area contributed by atoms with Gasteiger partial charge in [-0.2, -0.15) is 0 Å². The molecule has 8 rings (SSSR count). The van der Waals surface area contributed by atoms with Crippen LogP contribution in [-0.4, -0.2) is 34.4 Å². The summed E-state index contributed by atoms with van der Waals surface area (Å²) in [4.78, 5) is 13.7. The molecular weight excluding hydrogens is 999 g/mol. The summed E-state index contributed by atoms with van der Waals surface area (Å²) >= 11 is 2.26. The van der Waals surface area contributed by atoms with E-state index < -0.39 is 22.7 Å². The van der Waals surface area contributed by atoms with E-state index in [0.29, 0.717) is 63.0 Å². The lowest BCUT2D eigenvalue weighted by atomic mass is 9.97. The van der Waals surface area contributed by atoms with E-state index in [1.54, 1.807) is 34.5 Å². The van der Waals surface area contributed by atoms with Crippen molar-refractivity contribution < 1.29 is 45.7 Å². The summed E-state index contributed by atoms with van der Waals surface area (Å²) in [6, 6.07) is 33.1. The van der Waals surface area contributed by atoms with Crippen LogP contribution in [0.3, 0.4) is 0 Å². The Balaban J connectivity index is 1.39. The summed E-state index contributed by atoms with van der Waals surface area (Å²) in [5.74, 6) is 3.21. The summed E-state index contributed by atoms with van der Waals surface area (Å²) in [6.45, 7) is 6.52. The Kier molecular flexibility index (Phi) is 15.8. The number of halogens is 1. The van der Waals surface area contributed by atoms with Crippen LogP contribution in [0.2, 0.25) is 0 Å². The molecule has 0 spiro atoms. The number of benzene rings is 6. The maximum absolute atomic E-state index is 13.7. The molecular formula is C53H56INO10P2. The summed E-state index contributed by atoms with van der Waals surface area (Å²) in [6.07, 6.45) is 7.90. The average Bonchev–Trinajstić information content (AvgIpc) is 3.51. The molecule has 11 nitrogen and oxygen atoms in total. The second-order valence-corrected chi connectivity index (χ2v) is 19.6. The summed E-state index contributed by atoms with van der Waals surface area (Å²) in [5.41, 5.74) is 7.49. The van der Waals surface area contributed by atoms with Gasteiger partial charge >= 0.3 is 22.7 Å². The van der Waals surface area contributed by atoms with Crippen LogP contribution in [0.25, 0.3) is 33.1 Å². The fourth-order valence-corrected chi connectivity index (χ4v) is 11.7. The lowest BCUT2D eigenvalue weighted by Crippen LogP contribution is -2.25. The quantitative estimate of drug-likeness (QED) is 0.0570. The number of fused-ring (bicyclic) bond motifs is 4. The topological polar surface area (TPSA) is 111 Å². The van der Waals surface area contributed by atoms with Crippen molar-refractivity contribution in [2.45, 2.75) is 78.6 Å². The number of aryl methyl sites for hydroxylation is 3. The molecule has 67 heavy (non-hydrogen) atoms. The van der Waals surface area contributed by atoms with Gasteiger partial charge in [0.1, 0.15) is 39.9 Å². The van der Waals surface area contributed by atoms with Crippen molar-refractivity contribution >= 4 is 78.6 Å². The molecule has 1 unspecified atom stereocenters. The third-order valence-electron chi connectivity index (χ3n) is 11.7. The minimum absolute atomic E-state index is 0.448. The van der Waals surface area contributed by atoms with E-state index >= 15 is 0 Å². The number of unbranched alkanes of at least 4 members (excludes halogenated alkanes) is 3. The number of ether oxygens (including phenoxy) is 4. The van der Waals surface area contributed by atoms with E-state index in [1.807, 2.05) is 89.6 Å². The van der Waals surface area contributed by atoms with Crippen molar-refractivity contribution in [2.24, 2.45) is 0 Å². The Morgan fingerprint density at radius 2 is 1.04 bits per heavy atom. The first-order valence-corrected chi connectivity index (χ1v) is 26.0. The minimum atomic E-state index is -2.18. The largest absolute Gasteiger partial charge is 0.497 e. The predicted octanol–water partition coefficient (Wildman–Crippen LogP) is 16.1. The van der Waals surface area contributed by atoms with Crippen LogP contribution < -0.4 is 32.7 Å². The van der Waals surface area contributed by atoms with Crippen LogP contribution in [0.15, 0.2) is 112 Å². The van der Waals surface area contributed by atoms with Gasteiger partial charge < -0.3 is 40.9 Å². The molecule has 6 aromatic carbocycles. The molecule has 0 radical (unpaired) electrons. The van der Waals surface area contributed by atoms with E-state index in [1.165, 1.54) is 0 Å². The van der Waals surface area contributed by atoms with E-state index in [2.05, 4.69) is 55.5 Å². The third kappa shape index (κ3) is 10.3. The molecule has 0 amide bonds. The standard InChI is InChI=1S/C53H56INO10P2/c1-8-11-19-34-26-38(57-4)29-43-44-30-39(58-5)27-35(20-12-9-2)50(44)63-67(62-49(34)43)64-51-36(21-13-10-3)28-40(59-6)31-45(51)46-32-41(60-7)33-47(54)52(46)61-66-55(37-22-15-14-16-23-37)48-25-18-17-24-42(48)53(56)65-66/h14-18,22-33H,8-13,19-21H2,1-7H3. The van der Waals surface area contributed by atoms with Crippen molar-refractivity contribution in [3.05, 3.63) is 129 Å². The van der Waals surface area contributed by atoms with Crippen LogP contribution in [0.1, 0.15) is 86.3 Å². The number of para-hydroxylation sites is 2. The molecule has 0 bridgehead atoms. The van der Waals surface area contributed by atoms with Gasteiger partial charge in [-0.25, -0.2) is 4.79 Å². The third-order valence-corrected chi connectivity index (χ3v) is 14.9. The van der Waals surface area contributed by atoms with Gasteiger partial charge in [0.25, 0.3) is 0 Å².